The molecule has 0 aromatic heterocycles. The van der Waals surface area contributed by atoms with Crippen molar-refractivity contribution in [2.45, 2.75) is 19.8 Å². The Morgan fingerprint density at radius 2 is 1.90 bits per heavy atom. The average molecular weight is 345 g/mol. The van der Waals surface area contributed by atoms with Crippen LogP contribution in [0, 0.1) is 0 Å². The van der Waals surface area contributed by atoms with Crippen LogP contribution in [0.5, 0.6) is 0 Å². The molecule has 0 radical (unpaired) electrons. The van der Waals surface area contributed by atoms with E-state index in [1.165, 1.54) is 5.56 Å². The SMILES string of the molecule is CCC(Cc1ccccc1)=NNC(=O)c1cccc(Br)c1. The van der Waals surface area contributed by atoms with Crippen LogP contribution in [0.1, 0.15) is 29.3 Å². The van der Waals surface area contributed by atoms with E-state index in [-0.39, 0.29) is 5.91 Å². The van der Waals surface area contributed by atoms with Crippen LogP contribution in [-0.2, 0) is 6.42 Å². The van der Waals surface area contributed by atoms with Gasteiger partial charge in [0.05, 0.1) is 0 Å². The molecule has 0 saturated carbocycles. The summed E-state index contributed by atoms with van der Waals surface area (Å²) in [6.07, 6.45) is 1.55. The largest absolute Gasteiger partial charge is 0.271 e. The number of nitrogens with one attached hydrogen (secondary N) is 1. The highest BCUT2D eigenvalue weighted by molar-refractivity contribution is 9.10. The molecule has 0 spiro atoms. The molecule has 0 saturated heterocycles. The predicted octanol–water partition coefficient (Wildman–Crippen LogP) is 4.19. The lowest BCUT2D eigenvalue weighted by Gasteiger charge is -2.05. The zero-order valence-electron chi connectivity index (χ0n) is 11.8. The van der Waals surface area contributed by atoms with Crippen molar-refractivity contribution in [3.63, 3.8) is 0 Å². The van der Waals surface area contributed by atoms with Gasteiger partial charge in [-0.3, -0.25) is 4.79 Å². The molecule has 4 heteroatoms. The smallest absolute Gasteiger partial charge is 0.267 e. The Balaban J connectivity index is 2.02. The molecule has 2 aromatic rings. The van der Waals surface area contributed by atoms with Crippen LogP contribution in [0.15, 0.2) is 64.2 Å². The Bertz CT molecular complexity index is 638. The van der Waals surface area contributed by atoms with E-state index in [9.17, 15) is 4.79 Å². The number of amides is 1. The second-order valence-corrected chi connectivity index (χ2v) is 5.56. The molecule has 2 aromatic carbocycles. The molecular formula is C17H17BrN2O. The first-order valence-corrected chi connectivity index (χ1v) is 7.63. The molecule has 2 rings (SSSR count). The zero-order valence-corrected chi connectivity index (χ0v) is 13.4. The molecule has 0 bridgehead atoms. The summed E-state index contributed by atoms with van der Waals surface area (Å²) in [4.78, 5) is 12.0. The Hall–Kier alpha value is -1.94. The van der Waals surface area contributed by atoms with Crippen LogP contribution >= 0.6 is 15.9 Å². The molecular weight excluding hydrogens is 328 g/mol. The molecule has 3 nitrogen and oxygen atoms in total. The lowest BCUT2D eigenvalue weighted by molar-refractivity contribution is 0.0954. The van der Waals surface area contributed by atoms with Gasteiger partial charge in [-0.15, -0.1) is 0 Å². The number of carbonyl (C=O) groups excluding carboxylic acids is 1. The Morgan fingerprint density at radius 3 is 2.57 bits per heavy atom. The third-order valence-electron chi connectivity index (χ3n) is 3.06. The second kappa shape index (κ2) is 7.74. The highest BCUT2D eigenvalue weighted by atomic mass is 79.9. The van der Waals surface area contributed by atoms with Crippen LogP contribution in [0.3, 0.4) is 0 Å². The van der Waals surface area contributed by atoms with Gasteiger partial charge in [-0.25, -0.2) is 5.43 Å². The number of hydrogen-bond donors (Lipinski definition) is 1. The van der Waals surface area contributed by atoms with Gasteiger partial charge in [-0.2, -0.15) is 5.10 Å². The maximum absolute atomic E-state index is 12.0. The number of rotatable bonds is 5. The number of hydrazone groups is 1. The molecule has 108 valence electrons. The van der Waals surface area contributed by atoms with Crippen molar-refractivity contribution in [1.29, 1.82) is 0 Å². The third kappa shape index (κ3) is 4.83. The van der Waals surface area contributed by atoms with Crippen molar-refractivity contribution in [3.05, 3.63) is 70.2 Å². The molecule has 0 unspecified atom stereocenters. The normalized spacial score (nSPS) is 11.2. The van der Waals surface area contributed by atoms with Gasteiger partial charge in [-0.1, -0.05) is 59.3 Å². The summed E-state index contributed by atoms with van der Waals surface area (Å²) >= 11 is 3.35. The fourth-order valence-corrected chi connectivity index (χ4v) is 2.30. The van der Waals surface area contributed by atoms with E-state index in [1.807, 2.05) is 37.3 Å². The highest BCUT2D eigenvalue weighted by Crippen LogP contribution is 2.11. The van der Waals surface area contributed by atoms with Gasteiger partial charge < -0.3 is 0 Å². The summed E-state index contributed by atoms with van der Waals surface area (Å²) in [5.74, 6) is -0.199. The van der Waals surface area contributed by atoms with Gasteiger partial charge in [0.25, 0.3) is 5.91 Å². The first-order chi connectivity index (χ1) is 10.2. The second-order valence-electron chi connectivity index (χ2n) is 4.65. The van der Waals surface area contributed by atoms with E-state index in [0.29, 0.717) is 5.56 Å². The maximum atomic E-state index is 12.0. The Morgan fingerprint density at radius 1 is 1.14 bits per heavy atom. The van der Waals surface area contributed by atoms with Crippen molar-refractivity contribution in [3.8, 4) is 0 Å². The summed E-state index contributed by atoms with van der Waals surface area (Å²) in [6.45, 7) is 2.03. The van der Waals surface area contributed by atoms with E-state index in [2.05, 4.69) is 38.6 Å². The van der Waals surface area contributed by atoms with Crippen molar-refractivity contribution in [2.24, 2.45) is 5.10 Å². The Kier molecular flexibility index (Phi) is 5.69. The van der Waals surface area contributed by atoms with Gasteiger partial charge >= 0.3 is 0 Å². The quantitative estimate of drug-likeness (QED) is 0.641. The molecule has 1 N–H and O–H groups in total. The van der Waals surface area contributed by atoms with E-state index in [1.54, 1.807) is 12.1 Å². The Labute approximate surface area is 133 Å². The summed E-state index contributed by atoms with van der Waals surface area (Å²) in [5, 5.41) is 4.25. The standard InChI is InChI=1S/C17H17BrN2O/c1-2-16(11-13-7-4-3-5-8-13)19-20-17(21)14-9-6-10-15(18)12-14/h3-10,12H,2,11H2,1H3,(H,20,21). The monoisotopic (exact) mass is 344 g/mol. The number of benzene rings is 2. The van der Waals surface area contributed by atoms with E-state index in [4.69, 9.17) is 0 Å². The van der Waals surface area contributed by atoms with Gasteiger partial charge in [0.2, 0.25) is 0 Å². The average Bonchev–Trinajstić information content (AvgIpc) is 2.52. The topological polar surface area (TPSA) is 41.5 Å². The highest BCUT2D eigenvalue weighted by Gasteiger charge is 2.05. The van der Waals surface area contributed by atoms with Gasteiger partial charge in [0.1, 0.15) is 0 Å². The van der Waals surface area contributed by atoms with E-state index in [0.717, 1.165) is 23.0 Å². The molecule has 0 atom stereocenters. The molecule has 0 aliphatic carbocycles. The van der Waals surface area contributed by atoms with Gasteiger partial charge in [0.15, 0.2) is 0 Å². The number of nitrogens with zero attached hydrogens (tertiary/aromatic N) is 1. The van der Waals surface area contributed by atoms with Crippen LogP contribution in [0.25, 0.3) is 0 Å². The van der Waals surface area contributed by atoms with Crippen molar-refractivity contribution < 1.29 is 4.79 Å². The minimum absolute atomic E-state index is 0.199. The fraction of sp³-hybridized carbons (Fsp3) is 0.176. The fourth-order valence-electron chi connectivity index (χ4n) is 1.90. The maximum Gasteiger partial charge on any atom is 0.271 e. The molecule has 1 amide bonds. The first-order valence-electron chi connectivity index (χ1n) is 6.84. The summed E-state index contributed by atoms with van der Waals surface area (Å²) in [5.41, 5.74) is 5.35. The summed E-state index contributed by atoms with van der Waals surface area (Å²) in [7, 11) is 0. The van der Waals surface area contributed by atoms with E-state index < -0.39 is 0 Å². The molecule has 21 heavy (non-hydrogen) atoms. The van der Waals surface area contributed by atoms with Crippen LogP contribution in [-0.4, -0.2) is 11.6 Å². The zero-order chi connectivity index (χ0) is 15.1. The summed E-state index contributed by atoms with van der Waals surface area (Å²) in [6, 6.07) is 17.3. The van der Waals surface area contributed by atoms with Crippen LogP contribution in [0.2, 0.25) is 0 Å². The van der Waals surface area contributed by atoms with E-state index >= 15 is 0 Å². The number of halogens is 1. The third-order valence-corrected chi connectivity index (χ3v) is 3.55. The predicted molar refractivity (Wildman–Crippen MR) is 89.5 cm³/mol. The molecule has 0 aliphatic heterocycles. The van der Waals surface area contributed by atoms with Crippen molar-refractivity contribution >= 4 is 27.5 Å². The summed E-state index contributed by atoms with van der Waals surface area (Å²) < 4.78 is 0.874. The number of hydrogen-bond acceptors (Lipinski definition) is 2. The minimum Gasteiger partial charge on any atom is -0.267 e. The van der Waals surface area contributed by atoms with Crippen LogP contribution in [0.4, 0.5) is 0 Å². The number of carbonyl (C=O) groups is 1. The minimum atomic E-state index is -0.199. The molecule has 0 aliphatic rings. The lowest BCUT2D eigenvalue weighted by atomic mass is 10.1. The molecule has 0 heterocycles. The van der Waals surface area contributed by atoms with Crippen LogP contribution < -0.4 is 5.43 Å². The van der Waals surface area contributed by atoms with Gasteiger partial charge in [0, 0.05) is 22.2 Å². The molecule has 0 fully saturated rings. The van der Waals surface area contributed by atoms with Crippen molar-refractivity contribution in [1.82, 2.24) is 5.43 Å². The van der Waals surface area contributed by atoms with Gasteiger partial charge in [-0.05, 0) is 30.2 Å². The van der Waals surface area contributed by atoms with Crippen molar-refractivity contribution in [2.75, 3.05) is 0 Å². The lowest BCUT2D eigenvalue weighted by Crippen LogP contribution is -2.20. The first kappa shape index (κ1) is 15.4.